The van der Waals surface area contributed by atoms with Crippen molar-refractivity contribution in [3.63, 3.8) is 0 Å². The molecule has 1 aromatic heterocycles. The van der Waals surface area contributed by atoms with Crippen molar-refractivity contribution in [2.45, 2.75) is 12.6 Å². The minimum absolute atomic E-state index is 0.0498. The summed E-state index contributed by atoms with van der Waals surface area (Å²) < 4.78 is 11.6. The highest BCUT2D eigenvalue weighted by atomic mass is 35.5. The molecule has 4 rings (SSSR count). The van der Waals surface area contributed by atoms with Crippen molar-refractivity contribution in [1.82, 2.24) is 14.9 Å². The minimum atomic E-state index is 0.0498. The van der Waals surface area contributed by atoms with E-state index in [9.17, 15) is 0 Å². The molecule has 130 valence electrons. The number of rotatable bonds is 5. The normalized spacial score (nSPS) is 18.5. The first-order valence-electron chi connectivity index (χ1n) is 8.42. The lowest BCUT2D eigenvalue weighted by Crippen LogP contribution is -2.44. The Morgan fingerprint density at radius 1 is 1.20 bits per heavy atom. The average molecular weight is 358 g/mol. The van der Waals surface area contributed by atoms with E-state index < -0.39 is 0 Å². The SMILES string of the molecule is Clc1ccc(OCC2CN(Cc3nc4ccccc4[nH]3)CCO2)cc1. The number of nitrogens with one attached hydrogen (secondary N) is 1. The van der Waals surface area contributed by atoms with E-state index in [0.29, 0.717) is 18.2 Å². The molecule has 25 heavy (non-hydrogen) atoms. The van der Waals surface area contributed by atoms with Crippen LogP contribution in [0.2, 0.25) is 5.02 Å². The summed E-state index contributed by atoms with van der Waals surface area (Å²) in [5.74, 6) is 1.79. The number of ether oxygens (including phenoxy) is 2. The number of morpholine rings is 1. The van der Waals surface area contributed by atoms with Crippen LogP contribution in [0.4, 0.5) is 0 Å². The van der Waals surface area contributed by atoms with Crippen LogP contribution >= 0.6 is 11.6 Å². The topological polar surface area (TPSA) is 50.4 Å². The zero-order chi connectivity index (χ0) is 17.1. The number of H-pyrrole nitrogens is 1. The predicted octanol–water partition coefficient (Wildman–Crippen LogP) is 3.50. The van der Waals surface area contributed by atoms with Gasteiger partial charge in [-0.05, 0) is 36.4 Å². The van der Waals surface area contributed by atoms with Crippen LogP contribution in [0.1, 0.15) is 5.82 Å². The molecule has 0 aliphatic carbocycles. The standard InChI is InChI=1S/C19H20ClN3O2/c20-14-5-7-15(8-6-14)25-13-16-11-23(9-10-24-16)12-19-21-17-3-1-2-4-18(17)22-19/h1-8,16H,9-13H2,(H,21,22). The van der Waals surface area contributed by atoms with Crippen molar-refractivity contribution >= 4 is 22.6 Å². The number of aromatic nitrogens is 2. The van der Waals surface area contributed by atoms with Crippen LogP contribution in [-0.2, 0) is 11.3 Å². The molecule has 2 heterocycles. The molecule has 1 unspecified atom stereocenters. The Kier molecular flexibility index (Phi) is 4.88. The van der Waals surface area contributed by atoms with Gasteiger partial charge in [0.1, 0.15) is 24.3 Å². The molecule has 5 nitrogen and oxygen atoms in total. The van der Waals surface area contributed by atoms with Crippen LogP contribution in [0.5, 0.6) is 5.75 Å². The number of fused-ring (bicyclic) bond motifs is 1. The Hall–Kier alpha value is -2.08. The van der Waals surface area contributed by atoms with Crippen LogP contribution in [0.25, 0.3) is 11.0 Å². The second-order valence-electron chi connectivity index (χ2n) is 6.19. The summed E-state index contributed by atoms with van der Waals surface area (Å²) in [7, 11) is 0. The molecular formula is C19H20ClN3O2. The fourth-order valence-corrected chi connectivity index (χ4v) is 3.16. The summed E-state index contributed by atoms with van der Waals surface area (Å²) in [5, 5.41) is 0.707. The number of hydrogen-bond donors (Lipinski definition) is 1. The summed E-state index contributed by atoms with van der Waals surface area (Å²) in [4.78, 5) is 10.4. The van der Waals surface area contributed by atoms with Crippen molar-refractivity contribution < 1.29 is 9.47 Å². The first-order chi connectivity index (χ1) is 12.3. The van der Waals surface area contributed by atoms with Gasteiger partial charge >= 0.3 is 0 Å². The molecule has 1 N–H and O–H groups in total. The summed E-state index contributed by atoms with van der Waals surface area (Å²) in [6.45, 7) is 3.74. The van der Waals surface area contributed by atoms with Crippen molar-refractivity contribution in [2.75, 3.05) is 26.3 Å². The highest BCUT2D eigenvalue weighted by Crippen LogP contribution is 2.17. The third kappa shape index (κ3) is 4.12. The van der Waals surface area contributed by atoms with E-state index in [-0.39, 0.29) is 6.10 Å². The third-order valence-corrected chi connectivity index (χ3v) is 4.54. The lowest BCUT2D eigenvalue weighted by Gasteiger charge is -2.32. The largest absolute Gasteiger partial charge is 0.491 e. The number of nitrogens with zero attached hydrogens (tertiary/aromatic N) is 2. The van der Waals surface area contributed by atoms with Gasteiger partial charge in [-0.3, -0.25) is 4.90 Å². The fraction of sp³-hybridized carbons (Fsp3) is 0.316. The van der Waals surface area contributed by atoms with Gasteiger partial charge < -0.3 is 14.5 Å². The lowest BCUT2D eigenvalue weighted by molar-refractivity contribution is -0.0509. The van der Waals surface area contributed by atoms with Crippen LogP contribution < -0.4 is 4.74 Å². The maximum absolute atomic E-state index is 5.89. The number of imidazole rings is 1. The molecule has 0 saturated carbocycles. The fourth-order valence-electron chi connectivity index (χ4n) is 3.04. The summed E-state index contributed by atoms with van der Waals surface area (Å²) >= 11 is 5.89. The zero-order valence-electron chi connectivity index (χ0n) is 13.8. The molecule has 1 saturated heterocycles. The van der Waals surface area contributed by atoms with Gasteiger partial charge in [0, 0.05) is 18.1 Å². The second kappa shape index (κ2) is 7.44. The molecule has 2 aromatic carbocycles. The Morgan fingerprint density at radius 3 is 2.88 bits per heavy atom. The van der Waals surface area contributed by atoms with Gasteiger partial charge in [0.2, 0.25) is 0 Å². The average Bonchev–Trinajstić information content (AvgIpc) is 3.04. The van der Waals surface area contributed by atoms with Crippen molar-refractivity contribution in [1.29, 1.82) is 0 Å². The van der Waals surface area contributed by atoms with Crippen molar-refractivity contribution in [3.8, 4) is 5.75 Å². The first kappa shape index (κ1) is 16.4. The Labute approximate surface area is 151 Å². The van der Waals surface area contributed by atoms with Crippen LogP contribution in [0, 0.1) is 0 Å². The third-order valence-electron chi connectivity index (χ3n) is 4.28. The van der Waals surface area contributed by atoms with Gasteiger partial charge in [-0.1, -0.05) is 23.7 Å². The van der Waals surface area contributed by atoms with Crippen LogP contribution in [-0.4, -0.2) is 47.3 Å². The van der Waals surface area contributed by atoms with E-state index in [1.54, 1.807) is 0 Å². The predicted molar refractivity (Wildman–Crippen MR) is 98.1 cm³/mol. The molecule has 1 fully saturated rings. The van der Waals surface area contributed by atoms with E-state index in [4.69, 9.17) is 21.1 Å². The van der Waals surface area contributed by atoms with E-state index >= 15 is 0 Å². The smallest absolute Gasteiger partial charge is 0.121 e. The maximum atomic E-state index is 5.89. The quantitative estimate of drug-likeness (QED) is 0.759. The molecule has 0 bridgehead atoms. The Bertz CT molecular complexity index is 801. The molecule has 0 spiro atoms. The number of aromatic amines is 1. The monoisotopic (exact) mass is 357 g/mol. The molecule has 1 aliphatic heterocycles. The summed E-state index contributed by atoms with van der Waals surface area (Å²) in [6, 6.07) is 15.5. The second-order valence-corrected chi connectivity index (χ2v) is 6.63. The van der Waals surface area contributed by atoms with Gasteiger partial charge in [0.05, 0.1) is 24.2 Å². The van der Waals surface area contributed by atoms with Crippen LogP contribution in [0.15, 0.2) is 48.5 Å². The molecule has 0 amide bonds. The highest BCUT2D eigenvalue weighted by molar-refractivity contribution is 6.30. The van der Waals surface area contributed by atoms with Crippen molar-refractivity contribution in [3.05, 3.63) is 59.4 Å². The van der Waals surface area contributed by atoms with Crippen molar-refractivity contribution in [2.24, 2.45) is 0 Å². The Morgan fingerprint density at radius 2 is 2.04 bits per heavy atom. The van der Waals surface area contributed by atoms with E-state index in [1.165, 1.54) is 0 Å². The van der Waals surface area contributed by atoms with Gasteiger partial charge in [-0.2, -0.15) is 0 Å². The van der Waals surface area contributed by atoms with E-state index in [0.717, 1.165) is 42.2 Å². The van der Waals surface area contributed by atoms with Gasteiger partial charge in [0.15, 0.2) is 0 Å². The number of hydrogen-bond acceptors (Lipinski definition) is 4. The van der Waals surface area contributed by atoms with Gasteiger partial charge in [-0.25, -0.2) is 4.98 Å². The molecule has 3 aromatic rings. The number of para-hydroxylation sites is 2. The molecular weight excluding hydrogens is 338 g/mol. The molecule has 0 radical (unpaired) electrons. The molecule has 6 heteroatoms. The maximum Gasteiger partial charge on any atom is 0.121 e. The van der Waals surface area contributed by atoms with E-state index in [1.807, 2.05) is 48.5 Å². The number of benzene rings is 2. The lowest BCUT2D eigenvalue weighted by atomic mass is 10.2. The minimum Gasteiger partial charge on any atom is -0.491 e. The summed E-state index contributed by atoms with van der Waals surface area (Å²) in [6.07, 6.45) is 0.0498. The van der Waals surface area contributed by atoms with Gasteiger partial charge in [-0.15, -0.1) is 0 Å². The highest BCUT2D eigenvalue weighted by Gasteiger charge is 2.22. The molecule has 1 aliphatic rings. The van der Waals surface area contributed by atoms with E-state index in [2.05, 4.69) is 14.9 Å². The summed E-state index contributed by atoms with van der Waals surface area (Å²) in [5.41, 5.74) is 2.08. The Balaban J connectivity index is 1.33. The zero-order valence-corrected chi connectivity index (χ0v) is 14.6. The first-order valence-corrected chi connectivity index (χ1v) is 8.80. The number of halogens is 1. The van der Waals surface area contributed by atoms with Gasteiger partial charge in [0.25, 0.3) is 0 Å². The van der Waals surface area contributed by atoms with Crippen LogP contribution in [0.3, 0.4) is 0 Å². The molecule has 1 atom stereocenters.